The van der Waals surface area contributed by atoms with Gasteiger partial charge in [0.1, 0.15) is 0 Å². The molecule has 0 unspecified atom stereocenters. The SMILES string of the molecule is NCc1sccc1-c1ccns1. The predicted octanol–water partition coefficient (Wildman–Crippen LogP) is 2.33. The van der Waals surface area contributed by atoms with Crippen molar-refractivity contribution in [2.75, 3.05) is 0 Å². The lowest BCUT2D eigenvalue weighted by molar-refractivity contribution is 1.11. The van der Waals surface area contributed by atoms with Crippen LogP contribution in [0.25, 0.3) is 10.4 Å². The number of nitrogens with zero attached hydrogens (tertiary/aromatic N) is 1. The zero-order valence-electron chi connectivity index (χ0n) is 6.36. The van der Waals surface area contributed by atoms with E-state index in [1.165, 1.54) is 26.9 Å². The fourth-order valence-electron chi connectivity index (χ4n) is 1.07. The quantitative estimate of drug-likeness (QED) is 0.800. The Balaban J connectivity index is 2.46. The van der Waals surface area contributed by atoms with Gasteiger partial charge in [0.05, 0.1) is 4.88 Å². The van der Waals surface area contributed by atoms with Crippen molar-refractivity contribution in [3.8, 4) is 10.4 Å². The molecule has 0 radical (unpaired) electrons. The molecule has 12 heavy (non-hydrogen) atoms. The van der Waals surface area contributed by atoms with Crippen LogP contribution in [0.1, 0.15) is 4.88 Å². The van der Waals surface area contributed by atoms with Gasteiger partial charge >= 0.3 is 0 Å². The molecule has 2 rings (SSSR count). The highest BCUT2D eigenvalue weighted by atomic mass is 32.1. The van der Waals surface area contributed by atoms with Gasteiger partial charge in [-0.15, -0.1) is 11.3 Å². The molecule has 0 aliphatic rings. The van der Waals surface area contributed by atoms with E-state index in [2.05, 4.69) is 15.8 Å². The molecule has 0 bridgehead atoms. The molecule has 2 heterocycles. The summed E-state index contributed by atoms with van der Waals surface area (Å²) in [7, 11) is 0. The van der Waals surface area contributed by atoms with Gasteiger partial charge in [-0.3, -0.25) is 0 Å². The molecule has 4 heteroatoms. The molecular formula is C8H8N2S2. The third kappa shape index (κ3) is 1.29. The Bertz CT molecular complexity index is 351. The van der Waals surface area contributed by atoms with Crippen LogP contribution in [-0.2, 0) is 6.54 Å². The second-order valence-electron chi connectivity index (χ2n) is 2.34. The molecule has 2 aromatic rings. The first kappa shape index (κ1) is 7.91. The van der Waals surface area contributed by atoms with Crippen LogP contribution in [0.4, 0.5) is 0 Å². The zero-order chi connectivity index (χ0) is 8.39. The minimum atomic E-state index is 0.616. The average molecular weight is 196 g/mol. The maximum atomic E-state index is 5.60. The van der Waals surface area contributed by atoms with Crippen molar-refractivity contribution in [2.45, 2.75) is 6.54 Å². The zero-order valence-corrected chi connectivity index (χ0v) is 7.99. The summed E-state index contributed by atoms with van der Waals surface area (Å²) in [5.74, 6) is 0. The molecule has 2 aromatic heterocycles. The Morgan fingerprint density at radius 2 is 2.33 bits per heavy atom. The summed E-state index contributed by atoms with van der Waals surface area (Å²) >= 11 is 3.21. The summed E-state index contributed by atoms with van der Waals surface area (Å²) in [5, 5.41) is 2.07. The molecule has 2 N–H and O–H groups in total. The lowest BCUT2D eigenvalue weighted by Crippen LogP contribution is -1.93. The van der Waals surface area contributed by atoms with Gasteiger partial charge in [-0.1, -0.05) is 0 Å². The number of aromatic nitrogens is 1. The maximum Gasteiger partial charge on any atom is 0.0561 e. The normalized spacial score (nSPS) is 10.4. The van der Waals surface area contributed by atoms with Gasteiger partial charge in [-0.05, 0) is 29.0 Å². The number of hydrogen-bond acceptors (Lipinski definition) is 4. The van der Waals surface area contributed by atoms with Crippen LogP contribution in [0.5, 0.6) is 0 Å². The van der Waals surface area contributed by atoms with Gasteiger partial charge < -0.3 is 5.73 Å². The first-order chi connectivity index (χ1) is 5.92. The average Bonchev–Trinajstić information content (AvgIpc) is 2.74. The summed E-state index contributed by atoms with van der Waals surface area (Å²) in [6, 6.07) is 4.12. The standard InChI is InChI=1S/C8H8N2S2/c9-5-8-6(2-4-11-8)7-1-3-10-12-7/h1-4H,5,9H2. The lowest BCUT2D eigenvalue weighted by Gasteiger charge is -1.94. The van der Waals surface area contributed by atoms with Crippen LogP contribution >= 0.6 is 22.9 Å². The van der Waals surface area contributed by atoms with Crippen molar-refractivity contribution in [3.05, 3.63) is 28.6 Å². The Morgan fingerprint density at radius 3 is 3.00 bits per heavy atom. The molecule has 0 fully saturated rings. The summed E-state index contributed by atoms with van der Waals surface area (Å²) in [4.78, 5) is 2.44. The third-order valence-corrected chi connectivity index (χ3v) is 3.36. The van der Waals surface area contributed by atoms with Crippen molar-refractivity contribution in [1.82, 2.24) is 4.37 Å². The topological polar surface area (TPSA) is 38.9 Å². The van der Waals surface area contributed by atoms with Crippen molar-refractivity contribution < 1.29 is 0 Å². The fourth-order valence-corrected chi connectivity index (χ4v) is 2.55. The second-order valence-corrected chi connectivity index (χ2v) is 4.17. The van der Waals surface area contributed by atoms with E-state index in [0.717, 1.165) is 0 Å². The molecule has 0 saturated carbocycles. The van der Waals surface area contributed by atoms with E-state index in [0.29, 0.717) is 6.54 Å². The van der Waals surface area contributed by atoms with E-state index in [9.17, 15) is 0 Å². The predicted molar refractivity (Wildman–Crippen MR) is 53.3 cm³/mol. The van der Waals surface area contributed by atoms with Crippen molar-refractivity contribution >= 4 is 22.9 Å². The van der Waals surface area contributed by atoms with E-state index in [-0.39, 0.29) is 0 Å². The van der Waals surface area contributed by atoms with Gasteiger partial charge in [-0.2, -0.15) is 0 Å². The molecule has 0 amide bonds. The van der Waals surface area contributed by atoms with Gasteiger partial charge in [0.25, 0.3) is 0 Å². The molecule has 0 saturated heterocycles. The second kappa shape index (κ2) is 3.35. The Kier molecular flexibility index (Phi) is 2.21. The van der Waals surface area contributed by atoms with Crippen LogP contribution in [0.2, 0.25) is 0 Å². The van der Waals surface area contributed by atoms with Crippen molar-refractivity contribution in [3.63, 3.8) is 0 Å². The van der Waals surface area contributed by atoms with Crippen LogP contribution in [-0.4, -0.2) is 4.37 Å². The summed E-state index contributed by atoms with van der Waals surface area (Å²) in [6.07, 6.45) is 1.82. The van der Waals surface area contributed by atoms with E-state index in [1.54, 1.807) is 11.3 Å². The van der Waals surface area contributed by atoms with Crippen LogP contribution in [0.3, 0.4) is 0 Å². The van der Waals surface area contributed by atoms with Crippen LogP contribution < -0.4 is 5.73 Å². The minimum absolute atomic E-state index is 0.616. The summed E-state index contributed by atoms with van der Waals surface area (Å²) in [6.45, 7) is 0.616. The smallest absolute Gasteiger partial charge is 0.0561 e. The molecule has 0 aromatic carbocycles. The van der Waals surface area contributed by atoms with Crippen LogP contribution in [0, 0.1) is 0 Å². The Morgan fingerprint density at radius 1 is 1.42 bits per heavy atom. The molecule has 62 valence electrons. The molecule has 0 atom stereocenters. The molecule has 0 spiro atoms. The maximum absolute atomic E-state index is 5.60. The van der Waals surface area contributed by atoms with Crippen molar-refractivity contribution in [2.24, 2.45) is 5.73 Å². The highest BCUT2D eigenvalue weighted by molar-refractivity contribution is 7.12. The number of nitrogens with two attached hydrogens (primary N) is 1. The molecular weight excluding hydrogens is 188 g/mol. The van der Waals surface area contributed by atoms with Gasteiger partial charge in [0.2, 0.25) is 0 Å². The highest BCUT2D eigenvalue weighted by Gasteiger charge is 2.05. The van der Waals surface area contributed by atoms with Gasteiger partial charge in [-0.25, -0.2) is 4.37 Å². The van der Waals surface area contributed by atoms with Gasteiger partial charge in [0, 0.05) is 23.2 Å². The van der Waals surface area contributed by atoms with Crippen molar-refractivity contribution in [1.29, 1.82) is 0 Å². The Labute approximate surface area is 78.8 Å². The molecule has 2 nitrogen and oxygen atoms in total. The van der Waals surface area contributed by atoms with Gasteiger partial charge in [0.15, 0.2) is 0 Å². The van der Waals surface area contributed by atoms with Crippen LogP contribution in [0.15, 0.2) is 23.7 Å². The highest BCUT2D eigenvalue weighted by Crippen LogP contribution is 2.29. The lowest BCUT2D eigenvalue weighted by atomic mass is 10.2. The summed E-state index contributed by atoms with van der Waals surface area (Å²) < 4.78 is 4.06. The minimum Gasteiger partial charge on any atom is -0.326 e. The molecule has 0 aliphatic carbocycles. The van der Waals surface area contributed by atoms with E-state index in [1.807, 2.05) is 12.3 Å². The third-order valence-electron chi connectivity index (χ3n) is 1.63. The molecule has 0 aliphatic heterocycles. The largest absolute Gasteiger partial charge is 0.326 e. The monoisotopic (exact) mass is 196 g/mol. The first-order valence-corrected chi connectivity index (χ1v) is 5.24. The first-order valence-electron chi connectivity index (χ1n) is 3.59. The van der Waals surface area contributed by atoms with E-state index in [4.69, 9.17) is 5.73 Å². The number of hydrogen-bond donors (Lipinski definition) is 1. The fraction of sp³-hybridized carbons (Fsp3) is 0.125. The summed E-state index contributed by atoms with van der Waals surface area (Å²) in [5.41, 5.74) is 6.84. The van der Waals surface area contributed by atoms with E-state index < -0.39 is 0 Å². The Hall–Kier alpha value is -0.710. The van der Waals surface area contributed by atoms with E-state index >= 15 is 0 Å². The number of rotatable bonds is 2. The number of thiophene rings is 1.